The van der Waals surface area contributed by atoms with Gasteiger partial charge >= 0.3 is 6.09 Å². The SMILES string of the molecule is CC(C)(C)OC(=O)N[C@@H](Cc1ccccc1)[C@@H](O)[C@@H](Cc1ccccc1)C(=O)NC1c2ccccc2CC1O. The Kier molecular flexibility index (Phi) is 9.04. The van der Waals surface area contributed by atoms with Crippen molar-refractivity contribution >= 4 is 12.0 Å². The summed E-state index contributed by atoms with van der Waals surface area (Å²) < 4.78 is 5.48. The summed E-state index contributed by atoms with van der Waals surface area (Å²) in [7, 11) is 0. The van der Waals surface area contributed by atoms with Crippen molar-refractivity contribution in [3.8, 4) is 0 Å². The van der Waals surface area contributed by atoms with E-state index in [2.05, 4.69) is 10.6 Å². The van der Waals surface area contributed by atoms with Gasteiger partial charge in [0.25, 0.3) is 0 Å². The molecule has 0 saturated carbocycles. The van der Waals surface area contributed by atoms with Crippen molar-refractivity contribution < 1.29 is 24.5 Å². The molecule has 0 radical (unpaired) electrons. The fourth-order valence-electron chi connectivity index (χ4n) is 5.11. The Bertz CT molecular complexity index is 1240. The normalized spacial score (nSPS) is 18.9. The van der Waals surface area contributed by atoms with Gasteiger partial charge in [0.2, 0.25) is 5.91 Å². The first kappa shape index (κ1) is 28.3. The monoisotopic (exact) mass is 530 g/mol. The minimum Gasteiger partial charge on any atom is -0.444 e. The number of nitrogens with one attached hydrogen (secondary N) is 2. The summed E-state index contributed by atoms with van der Waals surface area (Å²) in [6.07, 6.45) is -1.67. The first-order chi connectivity index (χ1) is 18.6. The van der Waals surface area contributed by atoms with Crippen molar-refractivity contribution in [2.75, 3.05) is 0 Å². The van der Waals surface area contributed by atoms with Crippen LogP contribution < -0.4 is 10.6 Å². The Morgan fingerprint density at radius 2 is 1.46 bits per heavy atom. The standard InChI is InChI=1S/C32H38N2O5/c1-32(2,3)39-31(38)33-26(19-22-14-8-5-9-15-22)29(36)25(18-21-12-6-4-7-13-21)30(37)34-28-24-17-11-10-16-23(24)20-27(28)35/h4-17,25-29,35-36H,18-20H2,1-3H3,(H,33,38)(H,34,37)/t25-,26+,27?,28?,29+/m1/s1. The van der Waals surface area contributed by atoms with Gasteiger partial charge in [-0.15, -0.1) is 0 Å². The molecule has 5 atom stereocenters. The van der Waals surface area contributed by atoms with Crippen molar-refractivity contribution in [2.45, 2.75) is 69.9 Å². The first-order valence-electron chi connectivity index (χ1n) is 13.4. The second-order valence-electron chi connectivity index (χ2n) is 11.2. The molecule has 4 rings (SSSR count). The smallest absolute Gasteiger partial charge is 0.407 e. The summed E-state index contributed by atoms with van der Waals surface area (Å²) in [5, 5.41) is 28.3. The Labute approximate surface area is 230 Å². The van der Waals surface area contributed by atoms with Gasteiger partial charge in [-0.3, -0.25) is 4.79 Å². The maximum atomic E-state index is 13.8. The van der Waals surface area contributed by atoms with Crippen LogP contribution in [0.15, 0.2) is 84.9 Å². The number of rotatable bonds is 9. The minimum absolute atomic E-state index is 0.250. The molecule has 2 unspecified atom stereocenters. The van der Waals surface area contributed by atoms with Crippen LogP contribution in [0.1, 0.15) is 49.1 Å². The van der Waals surface area contributed by atoms with Crippen molar-refractivity contribution in [3.63, 3.8) is 0 Å². The Hall–Kier alpha value is -3.68. The maximum absolute atomic E-state index is 13.8. The van der Waals surface area contributed by atoms with Crippen LogP contribution in [0.2, 0.25) is 0 Å². The van der Waals surface area contributed by atoms with E-state index in [1.165, 1.54) is 0 Å². The predicted octanol–water partition coefficient (Wildman–Crippen LogP) is 4.12. The average Bonchev–Trinajstić information content (AvgIpc) is 3.21. The lowest BCUT2D eigenvalue weighted by Crippen LogP contribution is -2.53. The highest BCUT2D eigenvalue weighted by molar-refractivity contribution is 5.80. The summed E-state index contributed by atoms with van der Waals surface area (Å²) in [5.41, 5.74) is 2.92. The highest BCUT2D eigenvalue weighted by Crippen LogP contribution is 2.32. The second-order valence-corrected chi connectivity index (χ2v) is 11.2. The van der Waals surface area contributed by atoms with Gasteiger partial charge in [0.15, 0.2) is 0 Å². The number of hydrogen-bond donors (Lipinski definition) is 4. The van der Waals surface area contributed by atoms with Crippen molar-refractivity contribution in [2.24, 2.45) is 5.92 Å². The van der Waals surface area contributed by atoms with Crippen LogP contribution >= 0.6 is 0 Å². The molecule has 3 aromatic rings. The molecule has 1 aliphatic carbocycles. The van der Waals surface area contributed by atoms with E-state index in [0.29, 0.717) is 12.8 Å². The maximum Gasteiger partial charge on any atom is 0.407 e. The van der Waals surface area contributed by atoms with Crippen molar-refractivity contribution in [3.05, 3.63) is 107 Å². The summed E-state index contributed by atoms with van der Waals surface area (Å²) >= 11 is 0. The van der Waals surface area contributed by atoms with E-state index >= 15 is 0 Å². The molecule has 0 spiro atoms. The third-order valence-electron chi connectivity index (χ3n) is 6.96. The first-order valence-corrected chi connectivity index (χ1v) is 13.4. The number of carbonyl (C=O) groups is 2. The number of alkyl carbamates (subject to hydrolysis) is 1. The van der Waals surface area contributed by atoms with Gasteiger partial charge in [-0.1, -0.05) is 84.9 Å². The highest BCUT2D eigenvalue weighted by atomic mass is 16.6. The molecule has 0 aliphatic heterocycles. The molecule has 0 aromatic heterocycles. The lowest BCUT2D eigenvalue weighted by atomic mass is 9.86. The van der Waals surface area contributed by atoms with Gasteiger partial charge in [0, 0.05) is 6.42 Å². The fourth-order valence-corrected chi connectivity index (χ4v) is 5.11. The van der Waals surface area contributed by atoms with Gasteiger partial charge in [0.1, 0.15) is 5.60 Å². The third-order valence-corrected chi connectivity index (χ3v) is 6.96. The largest absolute Gasteiger partial charge is 0.444 e. The number of amides is 2. The van der Waals surface area contributed by atoms with Crippen LogP contribution in [0.5, 0.6) is 0 Å². The molecule has 39 heavy (non-hydrogen) atoms. The van der Waals surface area contributed by atoms with Crippen LogP contribution in [-0.2, 0) is 28.8 Å². The molecule has 3 aromatic carbocycles. The van der Waals surface area contributed by atoms with Crippen molar-refractivity contribution in [1.29, 1.82) is 0 Å². The van der Waals surface area contributed by atoms with E-state index in [9.17, 15) is 19.8 Å². The zero-order valence-electron chi connectivity index (χ0n) is 22.7. The summed E-state index contributed by atoms with van der Waals surface area (Å²) in [6, 6.07) is 25.2. The van der Waals surface area contributed by atoms with E-state index in [4.69, 9.17) is 4.74 Å². The zero-order chi connectivity index (χ0) is 28.0. The van der Waals surface area contributed by atoms with E-state index in [1.54, 1.807) is 20.8 Å². The van der Waals surface area contributed by atoms with Crippen LogP contribution in [0.3, 0.4) is 0 Å². The molecule has 1 aliphatic rings. The predicted molar refractivity (Wildman–Crippen MR) is 150 cm³/mol. The molecule has 7 nitrogen and oxygen atoms in total. The molecule has 0 heterocycles. The van der Waals surface area contributed by atoms with E-state index in [0.717, 1.165) is 22.3 Å². The molecular formula is C32H38N2O5. The Morgan fingerprint density at radius 3 is 2.08 bits per heavy atom. The van der Waals surface area contributed by atoms with E-state index < -0.39 is 47.8 Å². The molecule has 0 bridgehead atoms. The lowest BCUT2D eigenvalue weighted by Gasteiger charge is -2.32. The molecule has 0 saturated heterocycles. The fraction of sp³-hybridized carbons (Fsp3) is 0.375. The highest BCUT2D eigenvalue weighted by Gasteiger charge is 2.38. The van der Waals surface area contributed by atoms with Gasteiger partial charge in [-0.05, 0) is 55.9 Å². The van der Waals surface area contributed by atoms with Crippen LogP contribution in [0.25, 0.3) is 0 Å². The minimum atomic E-state index is -1.24. The number of aliphatic hydroxyl groups excluding tert-OH is 2. The van der Waals surface area contributed by atoms with Gasteiger partial charge in [-0.2, -0.15) is 0 Å². The van der Waals surface area contributed by atoms with Crippen molar-refractivity contribution in [1.82, 2.24) is 10.6 Å². The van der Waals surface area contributed by atoms with Crippen LogP contribution in [0, 0.1) is 5.92 Å². The number of aliphatic hydroxyl groups is 2. The molecule has 7 heteroatoms. The summed E-state index contributed by atoms with van der Waals surface area (Å²) in [5.74, 6) is -1.30. The van der Waals surface area contributed by atoms with Crippen LogP contribution in [0.4, 0.5) is 4.79 Å². The molecule has 4 N–H and O–H groups in total. The van der Waals surface area contributed by atoms with E-state index in [-0.39, 0.29) is 6.42 Å². The lowest BCUT2D eigenvalue weighted by molar-refractivity contribution is -0.131. The number of carbonyl (C=O) groups excluding carboxylic acids is 2. The molecule has 2 amide bonds. The quantitative estimate of drug-likeness (QED) is 0.333. The number of fused-ring (bicyclic) bond motifs is 1. The zero-order valence-corrected chi connectivity index (χ0v) is 22.7. The Balaban J connectivity index is 1.62. The van der Waals surface area contributed by atoms with Gasteiger partial charge < -0.3 is 25.6 Å². The topological polar surface area (TPSA) is 108 Å². The molecule has 0 fully saturated rings. The second kappa shape index (κ2) is 12.5. The summed E-state index contributed by atoms with van der Waals surface area (Å²) in [4.78, 5) is 26.6. The number of ether oxygens (including phenoxy) is 1. The number of hydrogen-bond acceptors (Lipinski definition) is 5. The summed E-state index contributed by atoms with van der Waals surface area (Å²) in [6.45, 7) is 5.31. The van der Waals surface area contributed by atoms with Gasteiger partial charge in [0.05, 0.1) is 30.2 Å². The third kappa shape index (κ3) is 7.68. The van der Waals surface area contributed by atoms with E-state index in [1.807, 2.05) is 84.9 Å². The van der Waals surface area contributed by atoms with Gasteiger partial charge in [-0.25, -0.2) is 4.79 Å². The Morgan fingerprint density at radius 1 is 0.897 bits per heavy atom. The average molecular weight is 531 g/mol. The molecular weight excluding hydrogens is 492 g/mol. The van der Waals surface area contributed by atoms with Crippen LogP contribution in [-0.4, -0.2) is 46.1 Å². The molecule has 206 valence electrons. The number of benzene rings is 3.